The number of aromatic nitrogens is 6. The molecule has 0 unspecified atom stereocenters. The van der Waals surface area contributed by atoms with Crippen molar-refractivity contribution in [3.05, 3.63) is 147 Å². The van der Waals surface area contributed by atoms with E-state index in [1.54, 1.807) is 12.5 Å². The van der Waals surface area contributed by atoms with Gasteiger partial charge >= 0.3 is 0 Å². The zero-order valence-corrected chi connectivity index (χ0v) is 24.9. The topological polar surface area (TPSA) is 69.6 Å². The van der Waals surface area contributed by atoms with Crippen LogP contribution >= 0.6 is 0 Å². The maximum Gasteiger partial charge on any atom is 0.149 e. The highest BCUT2D eigenvalue weighted by Crippen LogP contribution is 2.42. The van der Waals surface area contributed by atoms with Crippen molar-refractivity contribution in [1.82, 2.24) is 28.7 Å². The standard InChI is InChI=1S/C40H24N6O/c1-3-7-25(8-4-1)29-15-16-30(26-9-5-2-6-10-26)37-36(29)32-14-12-28(22-34(32)38-42-17-19-45(37)38)47-27-11-13-31-33(21-27)39-43-18-20-46(39)40-35(31)23-41-24-44-40/h1-24H. The summed E-state index contributed by atoms with van der Waals surface area (Å²) in [7, 11) is 0. The number of imidazole rings is 2. The molecule has 0 aliphatic heterocycles. The van der Waals surface area contributed by atoms with E-state index in [2.05, 4.69) is 123 Å². The quantitative estimate of drug-likeness (QED) is 0.187. The van der Waals surface area contributed by atoms with E-state index in [9.17, 15) is 0 Å². The molecule has 0 saturated carbocycles. The maximum absolute atomic E-state index is 6.57. The van der Waals surface area contributed by atoms with Gasteiger partial charge in [-0.2, -0.15) is 0 Å². The normalized spacial score (nSPS) is 11.8. The minimum absolute atomic E-state index is 0.717. The highest BCUT2D eigenvalue weighted by Gasteiger charge is 2.19. The Morgan fingerprint density at radius 1 is 0.489 bits per heavy atom. The van der Waals surface area contributed by atoms with Crippen molar-refractivity contribution in [3.8, 4) is 33.8 Å². The highest BCUT2D eigenvalue weighted by atomic mass is 16.5. The SMILES string of the molecule is c1ccc(-c2ccc(-c3ccccc3)c3c2c2ccc(Oc4ccc5c6cncnc6n6ccnc6c5c4)cc2c2nccn23)cc1. The summed E-state index contributed by atoms with van der Waals surface area (Å²) in [5.41, 5.74) is 8.30. The third kappa shape index (κ3) is 3.87. The minimum atomic E-state index is 0.717. The monoisotopic (exact) mass is 604 g/mol. The Balaban J connectivity index is 1.19. The van der Waals surface area contributed by atoms with Crippen molar-refractivity contribution in [3.63, 3.8) is 0 Å². The Morgan fingerprint density at radius 2 is 1.09 bits per heavy atom. The number of nitrogens with zero attached hydrogens (tertiary/aromatic N) is 6. The summed E-state index contributed by atoms with van der Waals surface area (Å²) >= 11 is 0. The number of fused-ring (bicyclic) bond motifs is 12. The molecular weight excluding hydrogens is 580 g/mol. The predicted molar refractivity (Wildman–Crippen MR) is 187 cm³/mol. The van der Waals surface area contributed by atoms with Crippen LogP contribution < -0.4 is 4.74 Å². The smallest absolute Gasteiger partial charge is 0.149 e. The molecule has 5 heterocycles. The molecular formula is C40H24N6O. The molecule has 0 spiro atoms. The number of hydrogen-bond acceptors (Lipinski definition) is 5. The maximum atomic E-state index is 6.57. The molecule has 0 aliphatic rings. The van der Waals surface area contributed by atoms with Crippen LogP contribution in [0.3, 0.4) is 0 Å². The number of pyridine rings is 2. The summed E-state index contributed by atoms with van der Waals surface area (Å²) in [6.07, 6.45) is 11.1. The van der Waals surface area contributed by atoms with E-state index in [4.69, 9.17) is 9.72 Å². The van der Waals surface area contributed by atoms with Crippen LogP contribution in [-0.2, 0) is 0 Å². The number of benzene rings is 5. The Labute approximate surface area is 268 Å². The van der Waals surface area contributed by atoms with Gasteiger partial charge in [0.1, 0.15) is 34.8 Å². The third-order valence-corrected chi connectivity index (χ3v) is 9.05. The van der Waals surface area contributed by atoms with Crippen molar-refractivity contribution in [2.45, 2.75) is 0 Å². The third-order valence-electron chi connectivity index (χ3n) is 9.05. The van der Waals surface area contributed by atoms with Gasteiger partial charge in [-0.25, -0.2) is 19.9 Å². The van der Waals surface area contributed by atoms with Gasteiger partial charge in [-0.3, -0.25) is 8.80 Å². The van der Waals surface area contributed by atoms with E-state index in [0.717, 1.165) is 77.6 Å². The van der Waals surface area contributed by atoms with E-state index >= 15 is 0 Å². The van der Waals surface area contributed by atoms with E-state index in [-0.39, 0.29) is 0 Å². The summed E-state index contributed by atoms with van der Waals surface area (Å²) < 4.78 is 10.8. The van der Waals surface area contributed by atoms with Crippen LogP contribution in [0.2, 0.25) is 0 Å². The minimum Gasteiger partial charge on any atom is -0.457 e. The second-order valence-electron chi connectivity index (χ2n) is 11.6. The Kier molecular flexibility index (Phi) is 5.44. The lowest BCUT2D eigenvalue weighted by Crippen LogP contribution is -1.96. The van der Waals surface area contributed by atoms with Gasteiger partial charge in [-0.05, 0) is 63.9 Å². The molecule has 10 rings (SSSR count). The van der Waals surface area contributed by atoms with Crippen LogP contribution in [0.1, 0.15) is 0 Å². The molecule has 0 aliphatic carbocycles. The summed E-state index contributed by atoms with van der Waals surface area (Å²) in [6.45, 7) is 0. The van der Waals surface area contributed by atoms with Crippen molar-refractivity contribution < 1.29 is 4.74 Å². The predicted octanol–water partition coefficient (Wildman–Crippen LogP) is 9.51. The van der Waals surface area contributed by atoms with Crippen LogP contribution in [0.15, 0.2) is 147 Å². The molecule has 0 N–H and O–H groups in total. The molecule has 7 heteroatoms. The highest BCUT2D eigenvalue weighted by molar-refractivity contribution is 6.20. The van der Waals surface area contributed by atoms with Crippen LogP contribution in [0.4, 0.5) is 0 Å². The fourth-order valence-electron chi connectivity index (χ4n) is 7.02. The van der Waals surface area contributed by atoms with Crippen LogP contribution in [-0.4, -0.2) is 28.7 Å². The molecule has 5 aromatic heterocycles. The lowest BCUT2D eigenvalue weighted by atomic mass is 9.91. The molecule has 0 fully saturated rings. The average Bonchev–Trinajstić information content (AvgIpc) is 3.84. The Bertz CT molecular complexity index is 2820. The van der Waals surface area contributed by atoms with E-state index in [0.29, 0.717) is 0 Å². The molecule has 0 amide bonds. The number of rotatable bonds is 4. The number of ether oxygens (including phenoxy) is 1. The fourth-order valence-corrected chi connectivity index (χ4v) is 7.02. The first-order valence-electron chi connectivity index (χ1n) is 15.4. The van der Waals surface area contributed by atoms with Crippen LogP contribution in [0, 0.1) is 0 Å². The van der Waals surface area contributed by atoms with Gasteiger partial charge in [-0.15, -0.1) is 0 Å². The zero-order valence-electron chi connectivity index (χ0n) is 24.9. The first kappa shape index (κ1) is 25.7. The molecule has 220 valence electrons. The van der Waals surface area contributed by atoms with Gasteiger partial charge < -0.3 is 4.74 Å². The number of hydrogen-bond donors (Lipinski definition) is 0. The summed E-state index contributed by atoms with van der Waals surface area (Å²) in [5, 5.41) is 6.26. The van der Waals surface area contributed by atoms with Gasteiger partial charge in [-0.1, -0.05) is 72.8 Å². The largest absolute Gasteiger partial charge is 0.457 e. The molecule has 5 aromatic carbocycles. The van der Waals surface area contributed by atoms with Crippen LogP contribution in [0.25, 0.3) is 77.0 Å². The lowest BCUT2D eigenvalue weighted by molar-refractivity contribution is 0.484. The van der Waals surface area contributed by atoms with Crippen molar-refractivity contribution in [1.29, 1.82) is 0 Å². The van der Waals surface area contributed by atoms with Gasteiger partial charge in [0, 0.05) is 58.1 Å². The average molecular weight is 605 g/mol. The molecule has 47 heavy (non-hydrogen) atoms. The Hall–Kier alpha value is -6.60. The molecule has 0 bridgehead atoms. The van der Waals surface area contributed by atoms with E-state index in [1.165, 1.54) is 10.9 Å². The lowest BCUT2D eigenvalue weighted by Gasteiger charge is -2.17. The van der Waals surface area contributed by atoms with Gasteiger partial charge in [0.05, 0.1) is 5.52 Å². The molecule has 0 saturated heterocycles. The summed E-state index contributed by atoms with van der Waals surface area (Å²) in [5.74, 6) is 1.44. The molecule has 7 nitrogen and oxygen atoms in total. The first-order valence-corrected chi connectivity index (χ1v) is 15.4. The van der Waals surface area contributed by atoms with Gasteiger partial charge in [0.2, 0.25) is 0 Å². The summed E-state index contributed by atoms with van der Waals surface area (Å²) in [4.78, 5) is 18.3. The van der Waals surface area contributed by atoms with Crippen molar-refractivity contribution in [2.24, 2.45) is 0 Å². The summed E-state index contributed by atoms with van der Waals surface area (Å²) in [6, 6.07) is 38.0. The van der Waals surface area contributed by atoms with Gasteiger partial charge in [0.25, 0.3) is 0 Å². The fraction of sp³-hybridized carbons (Fsp3) is 0. The van der Waals surface area contributed by atoms with Crippen molar-refractivity contribution >= 4 is 54.8 Å². The second-order valence-corrected chi connectivity index (χ2v) is 11.6. The van der Waals surface area contributed by atoms with Crippen molar-refractivity contribution in [2.75, 3.05) is 0 Å². The second kappa shape index (κ2) is 9.95. The molecule has 10 aromatic rings. The van der Waals surface area contributed by atoms with E-state index in [1.807, 2.05) is 35.1 Å². The Morgan fingerprint density at radius 3 is 1.83 bits per heavy atom. The first-order chi connectivity index (χ1) is 23.3. The van der Waals surface area contributed by atoms with E-state index < -0.39 is 0 Å². The van der Waals surface area contributed by atoms with Crippen LogP contribution in [0.5, 0.6) is 11.5 Å². The molecule has 0 radical (unpaired) electrons. The zero-order chi connectivity index (χ0) is 30.9. The molecule has 0 atom stereocenters. The van der Waals surface area contributed by atoms with Gasteiger partial charge in [0.15, 0.2) is 0 Å².